The van der Waals surface area contributed by atoms with Gasteiger partial charge in [0.2, 0.25) is 0 Å². The quantitative estimate of drug-likeness (QED) is 0.335. The number of nitrogens with zero attached hydrogens (tertiary/aromatic N) is 3. The Bertz CT molecular complexity index is 938. The Labute approximate surface area is 169 Å². The summed E-state index contributed by atoms with van der Waals surface area (Å²) in [5.74, 6) is -1.32. The first-order valence-electron chi connectivity index (χ1n) is 8.68. The lowest BCUT2D eigenvalue weighted by Gasteiger charge is -2.34. The van der Waals surface area contributed by atoms with Crippen LogP contribution in [0.5, 0.6) is 0 Å². The van der Waals surface area contributed by atoms with Gasteiger partial charge in [0, 0.05) is 32.2 Å². The van der Waals surface area contributed by atoms with E-state index in [1.54, 1.807) is 11.0 Å². The Kier molecular flexibility index (Phi) is 6.07. The van der Waals surface area contributed by atoms with E-state index in [0.29, 0.717) is 31.1 Å². The van der Waals surface area contributed by atoms with Crippen LogP contribution in [-0.4, -0.2) is 65.3 Å². The number of piperazine rings is 1. The molecule has 29 heavy (non-hydrogen) atoms. The molecule has 0 bridgehead atoms. The zero-order chi connectivity index (χ0) is 21.0. The molecular weight excluding hydrogens is 400 g/mol. The molecule has 1 aromatic heterocycles. The highest BCUT2D eigenvalue weighted by Gasteiger charge is 2.26. The summed E-state index contributed by atoms with van der Waals surface area (Å²) in [4.78, 5) is 50.7. The van der Waals surface area contributed by atoms with Crippen molar-refractivity contribution in [2.75, 3.05) is 38.5 Å². The van der Waals surface area contributed by atoms with Gasteiger partial charge in [0.05, 0.1) is 15.4 Å². The maximum absolute atomic E-state index is 12.3. The van der Waals surface area contributed by atoms with Crippen molar-refractivity contribution in [1.29, 1.82) is 0 Å². The molecule has 0 atom stereocenters. The predicted molar refractivity (Wildman–Crippen MR) is 105 cm³/mol. The second-order valence-corrected chi connectivity index (χ2v) is 7.20. The lowest BCUT2D eigenvalue weighted by atomic mass is 10.2. The van der Waals surface area contributed by atoms with Crippen molar-refractivity contribution in [2.45, 2.75) is 0 Å². The number of hydrogen-bond donors (Lipinski definition) is 1. The highest BCUT2D eigenvalue weighted by Crippen LogP contribution is 2.22. The van der Waals surface area contributed by atoms with Gasteiger partial charge in [0.15, 0.2) is 6.61 Å². The van der Waals surface area contributed by atoms with Crippen LogP contribution in [0, 0.1) is 10.1 Å². The molecule has 1 aliphatic heterocycles. The van der Waals surface area contributed by atoms with Crippen LogP contribution in [0.25, 0.3) is 0 Å². The lowest BCUT2D eigenvalue weighted by molar-refractivity contribution is -0.383. The number of ether oxygens (including phenoxy) is 1. The standard InChI is InChI=1S/C18H18N4O6S/c19-13-4-3-12(10-14(13)22(26)27)18(25)28-11-16(23)20-5-7-21(8-6-20)17(24)15-2-1-9-29-15/h1-4,9-10H,5-8,11,19H2. The van der Waals surface area contributed by atoms with Gasteiger partial charge in [-0.2, -0.15) is 0 Å². The van der Waals surface area contributed by atoms with Gasteiger partial charge < -0.3 is 20.3 Å². The molecule has 2 amide bonds. The number of rotatable bonds is 5. The number of carbonyl (C=O) groups excluding carboxylic acids is 3. The minimum Gasteiger partial charge on any atom is -0.452 e. The lowest BCUT2D eigenvalue weighted by Crippen LogP contribution is -2.51. The Morgan fingerprint density at radius 1 is 1.14 bits per heavy atom. The normalized spacial score (nSPS) is 13.8. The van der Waals surface area contributed by atoms with E-state index < -0.39 is 29.1 Å². The molecule has 0 aliphatic carbocycles. The monoisotopic (exact) mass is 418 g/mol. The third-order valence-electron chi connectivity index (χ3n) is 4.44. The van der Waals surface area contributed by atoms with Gasteiger partial charge in [-0.25, -0.2) is 4.79 Å². The summed E-state index contributed by atoms with van der Waals surface area (Å²) in [6, 6.07) is 7.11. The van der Waals surface area contributed by atoms with Crippen molar-refractivity contribution in [3.8, 4) is 0 Å². The smallest absolute Gasteiger partial charge is 0.338 e. The Balaban J connectivity index is 1.50. The molecule has 152 valence electrons. The summed E-state index contributed by atoms with van der Waals surface area (Å²) < 4.78 is 4.98. The van der Waals surface area contributed by atoms with Crippen molar-refractivity contribution in [3.63, 3.8) is 0 Å². The number of thiophene rings is 1. The Hall–Kier alpha value is -3.47. The number of esters is 1. The molecule has 2 heterocycles. The molecule has 1 aliphatic rings. The molecular formula is C18H18N4O6S. The molecule has 0 saturated carbocycles. The van der Waals surface area contributed by atoms with Crippen LogP contribution < -0.4 is 5.73 Å². The van der Waals surface area contributed by atoms with Gasteiger partial charge in [-0.15, -0.1) is 11.3 Å². The van der Waals surface area contributed by atoms with Crippen LogP contribution in [0.3, 0.4) is 0 Å². The molecule has 1 fully saturated rings. The van der Waals surface area contributed by atoms with Gasteiger partial charge in [0.1, 0.15) is 5.69 Å². The molecule has 1 aromatic carbocycles. The van der Waals surface area contributed by atoms with Gasteiger partial charge in [-0.1, -0.05) is 6.07 Å². The van der Waals surface area contributed by atoms with E-state index in [4.69, 9.17) is 10.5 Å². The first kappa shape index (κ1) is 20.3. The molecule has 10 nitrogen and oxygen atoms in total. The summed E-state index contributed by atoms with van der Waals surface area (Å²) in [6.07, 6.45) is 0. The minimum atomic E-state index is -0.854. The number of benzene rings is 1. The van der Waals surface area contributed by atoms with Gasteiger partial charge in [-0.05, 0) is 23.6 Å². The maximum Gasteiger partial charge on any atom is 0.338 e. The highest BCUT2D eigenvalue weighted by atomic mass is 32.1. The summed E-state index contributed by atoms with van der Waals surface area (Å²) >= 11 is 1.37. The number of nitrogen functional groups attached to an aromatic ring is 1. The predicted octanol–water partition coefficient (Wildman–Crippen LogP) is 1.38. The molecule has 2 N–H and O–H groups in total. The second-order valence-electron chi connectivity index (χ2n) is 6.26. The fraction of sp³-hybridized carbons (Fsp3) is 0.278. The summed E-state index contributed by atoms with van der Waals surface area (Å²) in [5.41, 5.74) is 4.95. The number of amides is 2. The SMILES string of the molecule is Nc1ccc(C(=O)OCC(=O)N2CCN(C(=O)c3cccs3)CC2)cc1[N+](=O)[O-]. The van der Waals surface area contributed by atoms with E-state index in [9.17, 15) is 24.5 Å². The fourth-order valence-corrected chi connectivity index (χ4v) is 3.54. The second kappa shape index (κ2) is 8.69. The molecule has 3 rings (SSSR count). The summed E-state index contributed by atoms with van der Waals surface area (Å²) in [7, 11) is 0. The van der Waals surface area contributed by atoms with Crippen molar-refractivity contribution in [2.24, 2.45) is 0 Å². The maximum atomic E-state index is 12.3. The van der Waals surface area contributed by atoms with E-state index in [-0.39, 0.29) is 17.2 Å². The van der Waals surface area contributed by atoms with Crippen LogP contribution in [0.4, 0.5) is 11.4 Å². The van der Waals surface area contributed by atoms with E-state index in [1.807, 2.05) is 11.4 Å². The van der Waals surface area contributed by atoms with Crippen LogP contribution in [-0.2, 0) is 9.53 Å². The number of nitro benzene ring substituents is 1. The van der Waals surface area contributed by atoms with Crippen molar-refractivity contribution in [1.82, 2.24) is 9.80 Å². The topological polar surface area (TPSA) is 136 Å². The number of anilines is 1. The first-order chi connectivity index (χ1) is 13.9. The molecule has 2 aromatic rings. The molecule has 11 heteroatoms. The summed E-state index contributed by atoms with van der Waals surface area (Å²) in [6.45, 7) is 0.957. The van der Waals surface area contributed by atoms with Gasteiger partial charge in [0.25, 0.3) is 17.5 Å². The Morgan fingerprint density at radius 3 is 2.45 bits per heavy atom. The van der Waals surface area contributed by atoms with Gasteiger partial charge in [-0.3, -0.25) is 19.7 Å². The highest BCUT2D eigenvalue weighted by molar-refractivity contribution is 7.12. The number of hydrogen-bond acceptors (Lipinski definition) is 8. The number of nitro groups is 1. The summed E-state index contributed by atoms with van der Waals surface area (Å²) in [5, 5.41) is 12.7. The zero-order valence-corrected chi connectivity index (χ0v) is 16.1. The fourth-order valence-electron chi connectivity index (χ4n) is 2.85. The average molecular weight is 418 g/mol. The van der Waals surface area contributed by atoms with Crippen LogP contribution in [0.1, 0.15) is 20.0 Å². The van der Waals surface area contributed by atoms with Crippen molar-refractivity contribution < 1.29 is 24.0 Å². The minimum absolute atomic E-state index is 0.0648. The molecule has 0 spiro atoms. The average Bonchev–Trinajstić information content (AvgIpc) is 3.26. The number of carbonyl (C=O) groups is 3. The molecule has 0 radical (unpaired) electrons. The van der Waals surface area contributed by atoms with E-state index in [2.05, 4.69) is 0 Å². The Morgan fingerprint density at radius 2 is 1.83 bits per heavy atom. The van der Waals surface area contributed by atoms with E-state index in [1.165, 1.54) is 28.4 Å². The van der Waals surface area contributed by atoms with Crippen LogP contribution >= 0.6 is 11.3 Å². The largest absolute Gasteiger partial charge is 0.452 e. The zero-order valence-electron chi connectivity index (χ0n) is 15.3. The molecule has 0 unspecified atom stereocenters. The van der Waals surface area contributed by atoms with Gasteiger partial charge >= 0.3 is 5.97 Å². The van der Waals surface area contributed by atoms with E-state index >= 15 is 0 Å². The van der Waals surface area contributed by atoms with Crippen LogP contribution in [0.15, 0.2) is 35.7 Å². The third-order valence-corrected chi connectivity index (χ3v) is 5.30. The number of nitrogens with two attached hydrogens (primary N) is 1. The van der Waals surface area contributed by atoms with Crippen LogP contribution in [0.2, 0.25) is 0 Å². The van der Waals surface area contributed by atoms with Crippen molar-refractivity contribution in [3.05, 3.63) is 56.3 Å². The van der Waals surface area contributed by atoms with E-state index in [0.717, 1.165) is 6.07 Å². The molecule has 1 saturated heterocycles. The third kappa shape index (κ3) is 4.69. The van der Waals surface area contributed by atoms with Crippen molar-refractivity contribution >= 4 is 40.5 Å². The first-order valence-corrected chi connectivity index (χ1v) is 9.56.